The van der Waals surface area contributed by atoms with Gasteiger partial charge in [-0.05, 0) is 37.5 Å². The standard InChI is InChI=1S/C14H15NO/c1-9-6-4-5-7-12(9)13-8-15-14(16)11(3)10(13)2/h4-8H,1-3H3,(H,15,16). The molecule has 2 rings (SSSR count). The Morgan fingerprint density at radius 3 is 2.31 bits per heavy atom. The second-order valence-corrected chi connectivity index (χ2v) is 4.10. The van der Waals surface area contributed by atoms with Gasteiger partial charge in [0.2, 0.25) is 0 Å². The summed E-state index contributed by atoms with van der Waals surface area (Å²) in [6.07, 6.45) is 1.80. The topological polar surface area (TPSA) is 32.9 Å². The summed E-state index contributed by atoms with van der Waals surface area (Å²) in [6, 6.07) is 8.19. The van der Waals surface area contributed by atoms with Crippen molar-refractivity contribution >= 4 is 0 Å². The molecule has 0 saturated carbocycles. The van der Waals surface area contributed by atoms with Gasteiger partial charge in [0, 0.05) is 17.3 Å². The van der Waals surface area contributed by atoms with Crippen molar-refractivity contribution in [3.8, 4) is 11.1 Å². The molecule has 2 nitrogen and oxygen atoms in total. The Kier molecular flexibility index (Phi) is 2.65. The molecular formula is C14H15NO. The summed E-state index contributed by atoms with van der Waals surface area (Å²) in [5, 5.41) is 0. The third kappa shape index (κ3) is 1.67. The van der Waals surface area contributed by atoms with Crippen molar-refractivity contribution in [3.63, 3.8) is 0 Å². The number of nitrogens with one attached hydrogen (secondary N) is 1. The minimum atomic E-state index is -0.00478. The van der Waals surface area contributed by atoms with E-state index in [1.807, 2.05) is 26.0 Å². The lowest BCUT2D eigenvalue weighted by atomic mass is 9.96. The Hall–Kier alpha value is -1.83. The van der Waals surface area contributed by atoms with Crippen LogP contribution in [0.1, 0.15) is 16.7 Å². The van der Waals surface area contributed by atoms with E-state index < -0.39 is 0 Å². The van der Waals surface area contributed by atoms with Crippen molar-refractivity contribution in [2.24, 2.45) is 0 Å². The van der Waals surface area contributed by atoms with E-state index in [9.17, 15) is 4.79 Å². The minimum absolute atomic E-state index is 0.00478. The van der Waals surface area contributed by atoms with Crippen molar-refractivity contribution in [1.29, 1.82) is 0 Å². The number of pyridine rings is 1. The van der Waals surface area contributed by atoms with Crippen molar-refractivity contribution < 1.29 is 0 Å². The molecule has 0 radical (unpaired) electrons. The second kappa shape index (κ2) is 3.97. The van der Waals surface area contributed by atoms with Crippen molar-refractivity contribution in [1.82, 2.24) is 4.98 Å². The summed E-state index contributed by atoms with van der Waals surface area (Å²) < 4.78 is 0. The average molecular weight is 213 g/mol. The molecular weight excluding hydrogens is 198 g/mol. The Morgan fingerprint density at radius 2 is 1.62 bits per heavy atom. The summed E-state index contributed by atoms with van der Waals surface area (Å²) in [5.41, 5.74) is 5.35. The van der Waals surface area contributed by atoms with Crippen LogP contribution in [0, 0.1) is 20.8 Å². The second-order valence-electron chi connectivity index (χ2n) is 4.10. The normalized spacial score (nSPS) is 10.4. The molecule has 0 fully saturated rings. The van der Waals surface area contributed by atoms with E-state index in [-0.39, 0.29) is 5.56 Å². The largest absolute Gasteiger partial charge is 0.328 e. The van der Waals surface area contributed by atoms with Gasteiger partial charge in [0.05, 0.1) is 0 Å². The molecule has 0 atom stereocenters. The highest BCUT2D eigenvalue weighted by molar-refractivity contribution is 5.70. The number of benzene rings is 1. The Labute approximate surface area is 95.0 Å². The van der Waals surface area contributed by atoms with Crippen molar-refractivity contribution in [3.05, 3.63) is 57.5 Å². The van der Waals surface area contributed by atoms with Crippen molar-refractivity contribution in [2.45, 2.75) is 20.8 Å². The summed E-state index contributed by atoms with van der Waals surface area (Å²) in [4.78, 5) is 14.2. The number of aromatic amines is 1. The lowest BCUT2D eigenvalue weighted by molar-refractivity contribution is 1.14. The van der Waals surface area contributed by atoms with Gasteiger partial charge in [-0.1, -0.05) is 24.3 Å². The first-order valence-corrected chi connectivity index (χ1v) is 5.36. The summed E-state index contributed by atoms with van der Waals surface area (Å²) >= 11 is 0. The molecule has 0 unspecified atom stereocenters. The van der Waals surface area contributed by atoms with Crippen molar-refractivity contribution in [2.75, 3.05) is 0 Å². The summed E-state index contributed by atoms with van der Waals surface area (Å²) in [6.45, 7) is 5.93. The molecule has 1 aromatic carbocycles. The van der Waals surface area contributed by atoms with E-state index in [0.717, 1.165) is 16.7 Å². The number of aryl methyl sites for hydroxylation is 1. The first-order chi connectivity index (χ1) is 7.61. The van der Waals surface area contributed by atoms with Gasteiger partial charge in [0.15, 0.2) is 0 Å². The first-order valence-electron chi connectivity index (χ1n) is 5.36. The van der Waals surface area contributed by atoms with E-state index in [4.69, 9.17) is 0 Å². The number of H-pyrrole nitrogens is 1. The molecule has 0 amide bonds. The van der Waals surface area contributed by atoms with Crippen LogP contribution in [0.3, 0.4) is 0 Å². The zero-order valence-corrected chi connectivity index (χ0v) is 9.79. The summed E-state index contributed by atoms with van der Waals surface area (Å²) in [5.74, 6) is 0. The van der Waals surface area contributed by atoms with Gasteiger partial charge in [0.25, 0.3) is 5.56 Å². The molecule has 0 bridgehead atoms. The van der Waals surface area contributed by atoms with Crippen LogP contribution in [0.4, 0.5) is 0 Å². The Balaban J connectivity index is 2.71. The molecule has 82 valence electrons. The van der Waals surface area contributed by atoms with Crippen LogP contribution in [0.5, 0.6) is 0 Å². The maximum atomic E-state index is 11.5. The third-order valence-electron chi connectivity index (χ3n) is 3.09. The average Bonchev–Trinajstić information content (AvgIpc) is 2.28. The Morgan fingerprint density at radius 1 is 0.938 bits per heavy atom. The fraction of sp³-hybridized carbons (Fsp3) is 0.214. The zero-order valence-electron chi connectivity index (χ0n) is 9.79. The molecule has 2 heteroatoms. The smallest absolute Gasteiger partial charge is 0.251 e. The van der Waals surface area contributed by atoms with Gasteiger partial charge >= 0.3 is 0 Å². The van der Waals surface area contributed by atoms with Crippen LogP contribution in [0.15, 0.2) is 35.3 Å². The van der Waals surface area contributed by atoms with E-state index >= 15 is 0 Å². The van der Waals surface area contributed by atoms with Crippen LogP contribution in [-0.4, -0.2) is 4.98 Å². The van der Waals surface area contributed by atoms with Crippen LogP contribution in [0.2, 0.25) is 0 Å². The summed E-state index contributed by atoms with van der Waals surface area (Å²) in [7, 11) is 0. The number of hydrogen-bond acceptors (Lipinski definition) is 1. The van der Waals surface area contributed by atoms with E-state index in [2.05, 4.69) is 24.0 Å². The van der Waals surface area contributed by atoms with Crippen LogP contribution in [-0.2, 0) is 0 Å². The predicted molar refractivity (Wildman–Crippen MR) is 66.7 cm³/mol. The molecule has 0 aliphatic heterocycles. The quantitative estimate of drug-likeness (QED) is 0.776. The highest BCUT2D eigenvalue weighted by Gasteiger charge is 2.08. The lowest BCUT2D eigenvalue weighted by Gasteiger charge is -2.10. The molecule has 1 aromatic heterocycles. The van der Waals surface area contributed by atoms with Gasteiger partial charge in [-0.15, -0.1) is 0 Å². The third-order valence-corrected chi connectivity index (χ3v) is 3.09. The zero-order chi connectivity index (χ0) is 11.7. The lowest BCUT2D eigenvalue weighted by Crippen LogP contribution is -2.11. The van der Waals surface area contributed by atoms with E-state index in [0.29, 0.717) is 0 Å². The molecule has 0 aliphatic carbocycles. The SMILES string of the molecule is Cc1ccccc1-c1c[nH]c(=O)c(C)c1C. The van der Waals surface area contributed by atoms with Crippen LogP contribution >= 0.6 is 0 Å². The number of rotatable bonds is 1. The number of hydrogen-bond donors (Lipinski definition) is 1. The fourth-order valence-electron chi connectivity index (χ4n) is 1.88. The highest BCUT2D eigenvalue weighted by Crippen LogP contribution is 2.25. The molecule has 2 aromatic rings. The molecule has 16 heavy (non-hydrogen) atoms. The highest BCUT2D eigenvalue weighted by atomic mass is 16.1. The first kappa shape index (κ1) is 10.7. The molecule has 0 saturated heterocycles. The van der Waals surface area contributed by atoms with Gasteiger partial charge in [-0.25, -0.2) is 0 Å². The maximum Gasteiger partial charge on any atom is 0.251 e. The Bertz CT molecular complexity index is 582. The molecule has 0 aliphatic rings. The van der Waals surface area contributed by atoms with E-state index in [1.54, 1.807) is 6.20 Å². The molecule has 1 heterocycles. The van der Waals surface area contributed by atoms with Gasteiger partial charge in [-0.2, -0.15) is 0 Å². The van der Waals surface area contributed by atoms with Crippen LogP contribution < -0.4 is 5.56 Å². The molecule has 0 spiro atoms. The molecule has 1 N–H and O–H groups in total. The predicted octanol–water partition coefficient (Wildman–Crippen LogP) is 2.97. The fourth-order valence-corrected chi connectivity index (χ4v) is 1.88. The van der Waals surface area contributed by atoms with Gasteiger partial charge in [0.1, 0.15) is 0 Å². The maximum absolute atomic E-state index is 11.5. The van der Waals surface area contributed by atoms with Gasteiger partial charge < -0.3 is 4.98 Å². The van der Waals surface area contributed by atoms with Crippen LogP contribution in [0.25, 0.3) is 11.1 Å². The monoisotopic (exact) mass is 213 g/mol. The van der Waals surface area contributed by atoms with Gasteiger partial charge in [-0.3, -0.25) is 4.79 Å². The van der Waals surface area contributed by atoms with E-state index in [1.165, 1.54) is 11.1 Å². The number of aromatic nitrogens is 1. The minimum Gasteiger partial charge on any atom is -0.328 e.